The van der Waals surface area contributed by atoms with Crippen molar-refractivity contribution in [2.75, 3.05) is 12.3 Å². The van der Waals surface area contributed by atoms with Crippen LogP contribution in [0.25, 0.3) is 0 Å². The number of nitrogens with zero attached hydrogens (tertiary/aromatic N) is 2. The van der Waals surface area contributed by atoms with Crippen LogP contribution in [0.15, 0.2) is 33.7 Å². The van der Waals surface area contributed by atoms with Gasteiger partial charge < -0.3 is 9.84 Å². The summed E-state index contributed by atoms with van der Waals surface area (Å²) < 4.78 is 29.3. The average molecular weight is 337 g/mol. The monoisotopic (exact) mass is 337 g/mol. The normalized spacial score (nSPS) is 11.4. The number of rotatable bonds is 7. The van der Waals surface area contributed by atoms with Gasteiger partial charge in [0, 0.05) is 13.0 Å². The standard InChI is InChI=1S/C15H19N3O4S/c1-3-9-16-14(19)15-17-13(18-22-15)8-10-23(20,21)12-6-4-11(2)5-7-12/h4-7H,3,8-10H2,1-2H3,(H,16,19). The number of benzene rings is 1. The zero-order valence-electron chi connectivity index (χ0n) is 13.1. The van der Waals surface area contributed by atoms with E-state index in [9.17, 15) is 13.2 Å². The van der Waals surface area contributed by atoms with Crippen molar-refractivity contribution in [1.29, 1.82) is 0 Å². The number of nitrogens with one attached hydrogen (secondary N) is 1. The van der Waals surface area contributed by atoms with Crippen LogP contribution in [0.4, 0.5) is 0 Å². The summed E-state index contributed by atoms with van der Waals surface area (Å²) in [7, 11) is -3.42. The first-order valence-electron chi connectivity index (χ1n) is 7.32. The lowest BCUT2D eigenvalue weighted by molar-refractivity contribution is 0.0910. The van der Waals surface area contributed by atoms with Gasteiger partial charge in [0.25, 0.3) is 0 Å². The zero-order chi connectivity index (χ0) is 16.9. The van der Waals surface area contributed by atoms with E-state index in [2.05, 4.69) is 15.5 Å². The van der Waals surface area contributed by atoms with E-state index < -0.39 is 15.7 Å². The van der Waals surface area contributed by atoms with Crippen LogP contribution in [0.1, 0.15) is 35.4 Å². The summed E-state index contributed by atoms with van der Waals surface area (Å²) >= 11 is 0. The van der Waals surface area contributed by atoms with Gasteiger partial charge in [-0.25, -0.2) is 8.42 Å². The van der Waals surface area contributed by atoms with Crippen molar-refractivity contribution in [3.63, 3.8) is 0 Å². The number of carbonyl (C=O) groups is 1. The number of sulfone groups is 1. The van der Waals surface area contributed by atoms with Crippen molar-refractivity contribution in [3.8, 4) is 0 Å². The van der Waals surface area contributed by atoms with Crippen molar-refractivity contribution >= 4 is 15.7 Å². The molecule has 0 aliphatic carbocycles. The van der Waals surface area contributed by atoms with Gasteiger partial charge in [-0.15, -0.1) is 0 Å². The van der Waals surface area contributed by atoms with Crippen molar-refractivity contribution in [2.24, 2.45) is 0 Å². The molecule has 7 nitrogen and oxygen atoms in total. The van der Waals surface area contributed by atoms with Crippen LogP contribution >= 0.6 is 0 Å². The third-order valence-corrected chi connectivity index (χ3v) is 4.90. The van der Waals surface area contributed by atoms with E-state index in [4.69, 9.17) is 4.52 Å². The molecule has 0 unspecified atom stereocenters. The minimum Gasteiger partial charge on any atom is -0.348 e. The Morgan fingerprint density at radius 1 is 1.26 bits per heavy atom. The number of hydrogen-bond donors (Lipinski definition) is 1. The quantitative estimate of drug-likeness (QED) is 0.822. The fraction of sp³-hybridized carbons (Fsp3) is 0.400. The van der Waals surface area contributed by atoms with E-state index >= 15 is 0 Å². The van der Waals surface area contributed by atoms with Gasteiger partial charge in [-0.2, -0.15) is 4.98 Å². The Morgan fingerprint density at radius 2 is 1.96 bits per heavy atom. The highest BCUT2D eigenvalue weighted by atomic mass is 32.2. The molecule has 2 rings (SSSR count). The van der Waals surface area contributed by atoms with Crippen LogP contribution < -0.4 is 5.32 Å². The van der Waals surface area contributed by atoms with Crippen molar-refractivity contribution < 1.29 is 17.7 Å². The average Bonchev–Trinajstić information content (AvgIpc) is 3.00. The predicted octanol–water partition coefficient (Wildman–Crippen LogP) is 1.53. The van der Waals surface area contributed by atoms with Gasteiger partial charge in [0.05, 0.1) is 10.6 Å². The van der Waals surface area contributed by atoms with E-state index in [1.807, 2.05) is 13.8 Å². The Morgan fingerprint density at radius 3 is 2.61 bits per heavy atom. The van der Waals surface area contributed by atoms with E-state index in [0.29, 0.717) is 6.54 Å². The molecule has 0 fully saturated rings. The van der Waals surface area contributed by atoms with Gasteiger partial charge in [0.2, 0.25) is 0 Å². The van der Waals surface area contributed by atoms with Gasteiger partial charge in [0.15, 0.2) is 15.7 Å². The zero-order valence-corrected chi connectivity index (χ0v) is 13.9. The maximum Gasteiger partial charge on any atom is 0.315 e. The largest absolute Gasteiger partial charge is 0.348 e. The molecule has 1 amide bonds. The summed E-state index contributed by atoms with van der Waals surface area (Å²) in [6.45, 7) is 4.33. The first-order valence-corrected chi connectivity index (χ1v) is 8.98. The van der Waals surface area contributed by atoms with E-state index in [1.165, 1.54) is 0 Å². The van der Waals surface area contributed by atoms with E-state index in [0.717, 1.165) is 12.0 Å². The van der Waals surface area contributed by atoms with Crippen LogP contribution in [-0.2, 0) is 16.3 Å². The highest BCUT2D eigenvalue weighted by Gasteiger charge is 2.18. The topological polar surface area (TPSA) is 102 Å². The SMILES string of the molecule is CCCNC(=O)c1nc(CCS(=O)(=O)c2ccc(C)cc2)no1. The molecule has 0 saturated carbocycles. The molecule has 0 aliphatic rings. The molecular weight excluding hydrogens is 318 g/mol. The first kappa shape index (κ1) is 17.1. The second-order valence-corrected chi connectivity index (χ2v) is 7.26. The van der Waals surface area contributed by atoms with Crippen LogP contribution in [0.5, 0.6) is 0 Å². The molecule has 0 aliphatic heterocycles. The molecule has 0 radical (unpaired) electrons. The molecule has 2 aromatic rings. The minimum absolute atomic E-state index is 0.0841. The fourth-order valence-electron chi connectivity index (χ4n) is 1.85. The maximum absolute atomic E-state index is 12.2. The Hall–Kier alpha value is -2.22. The maximum atomic E-state index is 12.2. The molecule has 124 valence electrons. The number of aromatic nitrogens is 2. The predicted molar refractivity (Wildman–Crippen MR) is 83.9 cm³/mol. The van der Waals surface area contributed by atoms with Gasteiger partial charge >= 0.3 is 11.8 Å². The first-order chi connectivity index (χ1) is 10.9. The Bertz CT molecular complexity index is 766. The molecule has 8 heteroatoms. The molecule has 1 aromatic carbocycles. The Kier molecular flexibility index (Phi) is 5.49. The summed E-state index contributed by atoms with van der Waals surface area (Å²) in [6.07, 6.45) is 0.877. The van der Waals surface area contributed by atoms with Crippen LogP contribution in [0, 0.1) is 6.92 Å². The summed E-state index contributed by atoms with van der Waals surface area (Å²) in [5.41, 5.74) is 0.991. The molecule has 1 heterocycles. The molecule has 0 saturated heterocycles. The van der Waals surface area contributed by atoms with Gasteiger partial charge in [-0.3, -0.25) is 4.79 Å². The number of amides is 1. The summed E-state index contributed by atoms with van der Waals surface area (Å²) in [6, 6.07) is 6.64. The van der Waals surface area contributed by atoms with Crippen LogP contribution in [0.3, 0.4) is 0 Å². The lowest BCUT2D eigenvalue weighted by Crippen LogP contribution is -2.24. The number of carbonyl (C=O) groups excluding carboxylic acids is 1. The summed E-state index contributed by atoms with van der Waals surface area (Å²) in [5.74, 6) is -0.554. The molecule has 1 N–H and O–H groups in total. The smallest absolute Gasteiger partial charge is 0.315 e. The number of hydrogen-bond acceptors (Lipinski definition) is 6. The van der Waals surface area contributed by atoms with E-state index in [-0.39, 0.29) is 28.8 Å². The molecular formula is C15H19N3O4S. The second kappa shape index (κ2) is 7.36. The van der Waals surface area contributed by atoms with Crippen LogP contribution in [-0.4, -0.2) is 36.8 Å². The fourth-order valence-corrected chi connectivity index (χ4v) is 3.09. The molecule has 1 aromatic heterocycles. The van der Waals surface area contributed by atoms with Gasteiger partial charge in [0.1, 0.15) is 0 Å². The van der Waals surface area contributed by atoms with Crippen molar-refractivity contribution in [1.82, 2.24) is 15.5 Å². The van der Waals surface area contributed by atoms with Crippen molar-refractivity contribution in [3.05, 3.63) is 41.5 Å². The Labute approximate surface area is 135 Å². The summed E-state index contributed by atoms with van der Waals surface area (Å²) in [4.78, 5) is 15.8. The lowest BCUT2D eigenvalue weighted by atomic mass is 10.2. The minimum atomic E-state index is -3.42. The third-order valence-electron chi connectivity index (χ3n) is 3.17. The van der Waals surface area contributed by atoms with E-state index in [1.54, 1.807) is 24.3 Å². The van der Waals surface area contributed by atoms with Crippen LogP contribution in [0.2, 0.25) is 0 Å². The summed E-state index contributed by atoms with van der Waals surface area (Å²) in [5, 5.41) is 6.26. The molecule has 0 bridgehead atoms. The van der Waals surface area contributed by atoms with Gasteiger partial charge in [-0.05, 0) is 25.5 Å². The lowest BCUT2D eigenvalue weighted by Gasteiger charge is -2.03. The molecule has 0 spiro atoms. The van der Waals surface area contributed by atoms with Gasteiger partial charge in [-0.1, -0.05) is 29.8 Å². The Balaban J connectivity index is 1.99. The third kappa shape index (κ3) is 4.62. The molecule has 0 atom stereocenters. The highest BCUT2D eigenvalue weighted by Crippen LogP contribution is 2.13. The molecule has 23 heavy (non-hydrogen) atoms. The highest BCUT2D eigenvalue weighted by molar-refractivity contribution is 7.91. The van der Waals surface area contributed by atoms with Crippen molar-refractivity contribution in [2.45, 2.75) is 31.6 Å². The second-order valence-electron chi connectivity index (χ2n) is 5.15. The number of aryl methyl sites for hydroxylation is 2.